The number of carbonyl (C=O) groups is 4. The van der Waals surface area contributed by atoms with Gasteiger partial charge in [0.05, 0.1) is 14.2 Å². The summed E-state index contributed by atoms with van der Waals surface area (Å²) in [5.74, 6) is -5.92. The number of aliphatic hydroxyl groups excluding tert-OH is 1. The second-order valence-corrected chi connectivity index (χ2v) is 5.30. The molecule has 0 spiro atoms. The molecule has 0 bridgehead atoms. The largest absolute Gasteiger partial charge is 0.510 e. The van der Waals surface area contributed by atoms with Gasteiger partial charge in [0.2, 0.25) is 0 Å². The Hall–Kier alpha value is -3.42. The highest BCUT2D eigenvalue weighted by atomic mass is 16.6. The third-order valence-corrected chi connectivity index (χ3v) is 3.66. The van der Waals surface area contributed by atoms with Crippen LogP contribution >= 0.6 is 0 Å². The fourth-order valence-corrected chi connectivity index (χ4v) is 2.37. The molecular formula is C18H16O8. The van der Waals surface area contributed by atoms with Crippen molar-refractivity contribution in [1.82, 2.24) is 0 Å². The molecule has 0 saturated carbocycles. The van der Waals surface area contributed by atoms with Crippen LogP contribution in [0.3, 0.4) is 0 Å². The number of methoxy groups -OCH3 is 2. The predicted octanol–water partition coefficient (Wildman–Crippen LogP) is 1.39. The number of carbonyl (C=O) groups excluding carboxylic acids is 4. The van der Waals surface area contributed by atoms with E-state index in [-0.39, 0.29) is 0 Å². The molecule has 1 aliphatic heterocycles. The van der Waals surface area contributed by atoms with E-state index < -0.39 is 40.8 Å². The van der Waals surface area contributed by atoms with E-state index in [0.717, 1.165) is 13.0 Å². The Bertz CT molecular complexity index is 847. The van der Waals surface area contributed by atoms with Crippen LogP contribution in [0.4, 0.5) is 0 Å². The van der Waals surface area contributed by atoms with Gasteiger partial charge in [-0.05, 0) is 37.3 Å². The van der Waals surface area contributed by atoms with Crippen molar-refractivity contribution in [2.45, 2.75) is 6.92 Å². The molecule has 2 rings (SSSR count). The van der Waals surface area contributed by atoms with Gasteiger partial charge in [0, 0.05) is 5.56 Å². The van der Waals surface area contributed by atoms with Gasteiger partial charge in [0.25, 0.3) is 0 Å². The molecule has 0 amide bonds. The normalized spacial score (nSPS) is 17.3. The molecule has 26 heavy (non-hydrogen) atoms. The van der Waals surface area contributed by atoms with Crippen LogP contribution in [-0.2, 0) is 23.9 Å². The first-order valence-electron chi connectivity index (χ1n) is 7.44. The molecule has 8 nitrogen and oxygen atoms in total. The lowest BCUT2D eigenvalue weighted by Gasteiger charge is -2.19. The van der Waals surface area contributed by atoms with E-state index in [4.69, 9.17) is 9.47 Å². The van der Waals surface area contributed by atoms with E-state index in [2.05, 4.69) is 4.74 Å². The second-order valence-electron chi connectivity index (χ2n) is 5.30. The molecular weight excluding hydrogens is 344 g/mol. The lowest BCUT2D eigenvalue weighted by molar-refractivity contribution is -0.162. The fraction of sp³-hybridized carbons (Fsp3) is 0.222. The van der Waals surface area contributed by atoms with E-state index in [0.29, 0.717) is 17.1 Å². The zero-order valence-electron chi connectivity index (χ0n) is 14.3. The average molecular weight is 360 g/mol. The summed E-state index contributed by atoms with van der Waals surface area (Å²) in [6.07, 6.45) is 2.38. The molecule has 0 saturated heterocycles. The Labute approximate surface area is 148 Å². The Kier molecular flexibility index (Phi) is 5.56. The number of Topliss-reactive ketones (excluding diaryl/α,β-unsaturated/α-hetero) is 1. The predicted molar refractivity (Wildman–Crippen MR) is 88.5 cm³/mol. The van der Waals surface area contributed by atoms with Crippen LogP contribution in [0.1, 0.15) is 12.5 Å². The Morgan fingerprint density at radius 2 is 1.88 bits per heavy atom. The Morgan fingerprint density at radius 1 is 1.19 bits per heavy atom. The van der Waals surface area contributed by atoms with Crippen LogP contribution in [0.15, 0.2) is 35.6 Å². The van der Waals surface area contributed by atoms with Gasteiger partial charge in [-0.1, -0.05) is 0 Å². The number of hydrogen-bond acceptors (Lipinski definition) is 8. The molecule has 0 aromatic heterocycles. The Morgan fingerprint density at radius 3 is 2.46 bits per heavy atom. The molecule has 1 aromatic rings. The second kappa shape index (κ2) is 7.64. The van der Waals surface area contributed by atoms with Crippen LogP contribution < -0.4 is 9.47 Å². The van der Waals surface area contributed by atoms with Crippen molar-refractivity contribution < 1.29 is 38.5 Å². The van der Waals surface area contributed by atoms with Crippen LogP contribution in [0.2, 0.25) is 0 Å². The van der Waals surface area contributed by atoms with Crippen molar-refractivity contribution in [3.05, 3.63) is 41.2 Å². The number of cyclic esters (lactones) is 2. The molecule has 1 aromatic carbocycles. The number of benzene rings is 1. The summed E-state index contributed by atoms with van der Waals surface area (Å²) in [6, 6.07) is 4.89. The van der Waals surface area contributed by atoms with Crippen LogP contribution in [0, 0.1) is 5.92 Å². The van der Waals surface area contributed by atoms with Crippen molar-refractivity contribution in [3.8, 4) is 11.5 Å². The summed E-state index contributed by atoms with van der Waals surface area (Å²) >= 11 is 0. The number of hydrogen-bond donors (Lipinski definition) is 1. The first-order chi connectivity index (χ1) is 12.3. The van der Waals surface area contributed by atoms with Crippen molar-refractivity contribution >= 4 is 29.6 Å². The van der Waals surface area contributed by atoms with Gasteiger partial charge in [-0.15, -0.1) is 0 Å². The fourth-order valence-electron chi connectivity index (χ4n) is 2.37. The third kappa shape index (κ3) is 3.64. The van der Waals surface area contributed by atoms with Gasteiger partial charge in [-0.25, -0.2) is 4.79 Å². The number of aliphatic hydroxyl groups is 1. The first kappa shape index (κ1) is 18.9. The standard InChI is InChI=1S/C18H16O8/c1-9(19)14-16(21)15(18(23)26-17(14)22)12(20)6-4-10-8-11(24-2)5-7-13(10)25-3/h4-8,15,21H,1-3H3/b6-4+. The minimum atomic E-state index is -1.78. The lowest BCUT2D eigenvalue weighted by Crippen LogP contribution is -2.37. The zero-order chi connectivity index (χ0) is 19.4. The monoisotopic (exact) mass is 360 g/mol. The summed E-state index contributed by atoms with van der Waals surface area (Å²) in [4.78, 5) is 47.1. The quantitative estimate of drug-likeness (QED) is 0.350. The van der Waals surface area contributed by atoms with Crippen LogP contribution in [0.25, 0.3) is 6.08 Å². The van der Waals surface area contributed by atoms with Gasteiger partial charge < -0.3 is 19.3 Å². The van der Waals surface area contributed by atoms with Gasteiger partial charge in [-0.2, -0.15) is 0 Å². The van der Waals surface area contributed by atoms with E-state index in [1.54, 1.807) is 18.2 Å². The molecule has 0 radical (unpaired) electrons. The maximum absolute atomic E-state index is 12.3. The molecule has 1 unspecified atom stereocenters. The maximum atomic E-state index is 12.3. The first-order valence-corrected chi connectivity index (χ1v) is 7.44. The topological polar surface area (TPSA) is 116 Å². The molecule has 0 aliphatic carbocycles. The van der Waals surface area contributed by atoms with Crippen LogP contribution in [0.5, 0.6) is 11.5 Å². The summed E-state index contributed by atoms with van der Waals surface area (Å²) < 4.78 is 14.6. The van der Waals surface area contributed by atoms with Gasteiger partial charge in [0.15, 0.2) is 17.5 Å². The minimum absolute atomic E-state index is 0.445. The highest BCUT2D eigenvalue weighted by molar-refractivity contribution is 6.24. The minimum Gasteiger partial charge on any atom is -0.510 e. The van der Waals surface area contributed by atoms with Crippen LogP contribution in [-0.4, -0.2) is 42.8 Å². The number of ether oxygens (including phenoxy) is 3. The van der Waals surface area contributed by atoms with Gasteiger partial charge >= 0.3 is 11.9 Å². The highest BCUT2D eigenvalue weighted by Gasteiger charge is 2.42. The van der Waals surface area contributed by atoms with Crippen molar-refractivity contribution in [1.29, 1.82) is 0 Å². The SMILES string of the molecule is COc1ccc(OC)c(/C=C/C(=O)C2C(=O)OC(=O)C(C(C)=O)=C2O)c1. The zero-order valence-corrected chi connectivity index (χ0v) is 14.3. The summed E-state index contributed by atoms with van der Waals surface area (Å²) in [6.45, 7) is 1.01. The highest BCUT2D eigenvalue weighted by Crippen LogP contribution is 2.27. The summed E-state index contributed by atoms with van der Waals surface area (Å²) in [7, 11) is 2.92. The molecule has 1 aliphatic rings. The number of rotatable bonds is 6. The van der Waals surface area contributed by atoms with Crippen molar-refractivity contribution in [2.24, 2.45) is 5.92 Å². The molecule has 136 valence electrons. The molecule has 1 atom stereocenters. The average Bonchev–Trinajstić information content (AvgIpc) is 2.58. The van der Waals surface area contributed by atoms with E-state index >= 15 is 0 Å². The molecule has 1 N–H and O–H groups in total. The van der Waals surface area contributed by atoms with Gasteiger partial charge in [0.1, 0.15) is 22.8 Å². The molecule has 8 heteroatoms. The number of ketones is 2. The maximum Gasteiger partial charge on any atom is 0.352 e. The Balaban J connectivity index is 2.37. The van der Waals surface area contributed by atoms with E-state index in [9.17, 15) is 24.3 Å². The summed E-state index contributed by atoms with van der Waals surface area (Å²) in [5.41, 5.74) is -0.231. The smallest absolute Gasteiger partial charge is 0.352 e. The lowest BCUT2D eigenvalue weighted by atomic mass is 9.93. The van der Waals surface area contributed by atoms with Gasteiger partial charge in [-0.3, -0.25) is 14.4 Å². The van der Waals surface area contributed by atoms with Crippen molar-refractivity contribution in [2.75, 3.05) is 14.2 Å². The number of esters is 2. The van der Waals surface area contributed by atoms with E-state index in [1.807, 2.05) is 0 Å². The van der Waals surface area contributed by atoms with E-state index in [1.165, 1.54) is 20.3 Å². The number of allylic oxidation sites excluding steroid dienone is 1. The van der Waals surface area contributed by atoms with Crippen molar-refractivity contribution in [3.63, 3.8) is 0 Å². The molecule has 1 heterocycles. The molecule has 0 fully saturated rings. The third-order valence-electron chi connectivity index (χ3n) is 3.66. The summed E-state index contributed by atoms with van der Waals surface area (Å²) in [5, 5.41) is 10.0.